The number of nitrogens with zero attached hydrogens (tertiary/aromatic N) is 1. The molecule has 0 bridgehead atoms. The van der Waals surface area contributed by atoms with Gasteiger partial charge in [0.2, 0.25) is 11.2 Å². The maximum absolute atomic E-state index is 2.46. The molecule has 0 saturated heterocycles. The van der Waals surface area contributed by atoms with E-state index in [1.807, 2.05) is 0 Å². The van der Waals surface area contributed by atoms with Crippen LogP contribution in [0.2, 0.25) is 0 Å². The normalized spacial score (nSPS) is 15.3. The Morgan fingerprint density at radius 1 is 0.917 bits per heavy atom. The van der Waals surface area contributed by atoms with Crippen molar-refractivity contribution in [3.63, 3.8) is 0 Å². The first-order chi connectivity index (χ1) is 11.6. The third-order valence-electron chi connectivity index (χ3n) is 5.87. The second kappa shape index (κ2) is 6.05. The van der Waals surface area contributed by atoms with Crippen molar-refractivity contribution in [3.8, 4) is 11.3 Å². The second-order valence-corrected chi connectivity index (χ2v) is 7.33. The third kappa shape index (κ3) is 2.53. The summed E-state index contributed by atoms with van der Waals surface area (Å²) in [7, 11) is 2.19. The average Bonchev–Trinajstić information content (AvgIpc) is 3.13. The van der Waals surface area contributed by atoms with Crippen LogP contribution >= 0.6 is 0 Å². The van der Waals surface area contributed by atoms with E-state index in [2.05, 4.69) is 74.0 Å². The van der Waals surface area contributed by atoms with Gasteiger partial charge in [0.25, 0.3) is 0 Å². The SMILES string of the molecule is Cc1cc(C2CCCC2)cc(-c2ccc3ccccc3[n+]2C)c1C. The van der Waals surface area contributed by atoms with Crippen LogP contribution in [0.25, 0.3) is 22.2 Å². The van der Waals surface area contributed by atoms with Gasteiger partial charge in [-0.3, -0.25) is 0 Å². The van der Waals surface area contributed by atoms with Crippen LogP contribution in [0.4, 0.5) is 0 Å². The molecule has 1 heterocycles. The lowest BCUT2D eigenvalue weighted by Gasteiger charge is -2.15. The Kier molecular flexibility index (Phi) is 3.88. The molecule has 2 aromatic carbocycles. The average molecular weight is 316 g/mol. The fourth-order valence-electron chi connectivity index (χ4n) is 4.26. The molecule has 1 saturated carbocycles. The molecule has 3 aromatic rings. The Bertz CT molecular complexity index is 901. The van der Waals surface area contributed by atoms with E-state index >= 15 is 0 Å². The van der Waals surface area contributed by atoms with Crippen LogP contribution in [0, 0.1) is 13.8 Å². The van der Waals surface area contributed by atoms with Crippen molar-refractivity contribution in [2.75, 3.05) is 0 Å². The van der Waals surface area contributed by atoms with Gasteiger partial charge in [-0.2, -0.15) is 4.57 Å². The molecule has 4 rings (SSSR count). The zero-order valence-corrected chi connectivity index (χ0v) is 15.0. The molecule has 122 valence electrons. The molecular weight excluding hydrogens is 290 g/mol. The first kappa shape index (κ1) is 15.4. The lowest BCUT2D eigenvalue weighted by Crippen LogP contribution is -2.32. The molecule has 0 radical (unpaired) electrons. The lowest BCUT2D eigenvalue weighted by molar-refractivity contribution is -0.633. The molecule has 0 amide bonds. The number of hydrogen-bond donors (Lipinski definition) is 0. The van der Waals surface area contributed by atoms with Gasteiger partial charge in [-0.1, -0.05) is 31.0 Å². The van der Waals surface area contributed by atoms with Crippen LogP contribution in [-0.4, -0.2) is 0 Å². The monoisotopic (exact) mass is 316 g/mol. The number of hydrogen-bond acceptors (Lipinski definition) is 0. The number of benzene rings is 2. The minimum absolute atomic E-state index is 0.758. The van der Waals surface area contributed by atoms with Crippen molar-refractivity contribution in [1.29, 1.82) is 0 Å². The number of aromatic nitrogens is 1. The van der Waals surface area contributed by atoms with Crippen LogP contribution in [0.3, 0.4) is 0 Å². The molecule has 1 nitrogen and oxygen atoms in total. The van der Waals surface area contributed by atoms with E-state index in [1.54, 1.807) is 5.56 Å². The van der Waals surface area contributed by atoms with Gasteiger partial charge in [-0.15, -0.1) is 0 Å². The predicted molar refractivity (Wildman–Crippen MR) is 101 cm³/mol. The Hall–Kier alpha value is -2.15. The molecular formula is C23H26N+. The molecule has 1 heteroatoms. The summed E-state index contributed by atoms with van der Waals surface area (Å²) in [4.78, 5) is 0. The highest BCUT2D eigenvalue weighted by Crippen LogP contribution is 2.37. The number of pyridine rings is 1. The van der Waals surface area contributed by atoms with Gasteiger partial charge in [0.15, 0.2) is 0 Å². The number of para-hydroxylation sites is 1. The summed E-state index contributed by atoms with van der Waals surface area (Å²) in [5.74, 6) is 0.758. The highest BCUT2D eigenvalue weighted by Gasteiger charge is 2.22. The maximum Gasteiger partial charge on any atom is 0.213 e. The van der Waals surface area contributed by atoms with Gasteiger partial charge < -0.3 is 0 Å². The first-order valence-corrected chi connectivity index (χ1v) is 9.14. The molecule has 0 spiro atoms. The minimum Gasteiger partial charge on any atom is -0.194 e. The third-order valence-corrected chi connectivity index (χ3v) is 5.87. The summed E-state index contributed by atoms with van der Waals surface area (Å²) in [5, 5.41) is 1.30. The molecule has 0 unspecified atom stereocenters. The number of fused-ring (bicyclic) bond motifs is 1. The molecule has 0 N–H and O–H groups in total. The van der Waals surface area contributed by atoms with E-state index in [0.29, 0.717) is 0 Å². The fourth-order valence-corrected chi connectivity index (χ4v) is 4.26. The molecule has 1 aromatic heterocycles. The van der Waals surface area contributed by atoms with E-state index in [0.717, 1.165) is 5.92 Å². The van der Waals surface area contributed by atoms with Crippen LogP contribution in [-0.2, 0) is 7.05 Å². The molecule has 0 atom stereocenters. The molecule has 0 aliphatic heterocycles. The smallest absolute Gasteiger partial charge is 0.194 e. The van der Waals surface area contributed by atoms with E-state index in [1.165, 1.54) is 59.0 Å². The maximum atomic E-state index is 2.46. The van der Waals surface area contributed by atoms with Crippen molar-refractivity contribution in [3.05, 3.63) is 65.2 Å². The standard InChI is InChI=1S/C23H26N/c1-16-14-20(18-8-4-5-9-18)15-21(17(16)2)23-13-12-19-10-6-7-11-22(19)24(23)3/h6-7,10-15,18H,4-5,8-9H2,1-3H3/q+1. The molecule has 1 fully saturated rings. The van der Waals surface area contributed by atoms with Gasteiger partial charge in [-0.25, -0.2) is 0 Å². The fraction of sp³-hybridized carbons (Fsp3) is 0.348. The van der Waals surface area contributed by atoms with Gasteiger partial charge in [-0.05, 0) is 67.5 Å². The van der Waals surface area contributed by atoms with Crippen LogP contribution in [0.15, 0.2) is 48.5 Å². The van der Waals surface area contributed by atoms with E-state index in [-0.39, 0.29) is 0 Å². The number of rotatable bonds is 2. The van der Waals surface area contributed by atoms with Crippen molar-refractivity contribution in [2.24, 2.45) is 7.05 Å². The quantitative estimate of drug-likeness (QED) is 0.541. The van der Waals surface area contributed by atoms with Crippen molar-refractivity contribution in [1.82, 2.24) is 0 Å². The van der Waals surface area contributed by atoms with Crippen LogP contribution in [0.5, 0.6) is 0 Å². The lowest BCUT2D eigenvalue weighted by atomic mass is 9.90. The van der Waals surface area contributed by atoms with Crippen molar-refractivity contribution < 1.29 is 4.57 Å². The largest absolute Gasteiger partial charge is 0.213 e. The Labute approximate surface area is 145 Å². The van der Waals surface area contributed by atoms with E-state index < -0.39 is 0 Å². The summed E-state index contributed by atoms with van der Waals surface area (Å²) < 4.78 is 2.34. The summed E-state index contributed by atoms with van der Waals surface area (Å²) in [6.07, 6.45) is 5.48. The minimum atomic E-state index is 0.758. The number of aryl methyl sites for hydroxylation is 2. The van der Waals surface area contributed by atoms with E-state index in [9.17, 15) is 0 Å². The summed E-state index contributed by atoms with van der Waals surface area (Å²) >= 11 is 0. The summed E-state index contributed by atoms with van der Waals surface area (Å²) in [6, 6.07) is 18.0. The van der Waals surface area contributed by atoms with Gasteiger partial charge in [0.1, 0.15) is 7.05 Å². The Morgan fingerprint density at radius 3 is 2.46 bits per heavy atom. The molecule has 24 heavy (non-hydrogen) atoms. The summed E-state index contributed by atoms with van der Waals surface area (Å²) in [6.45, 7) is 4.52. The van der Waals surface area contributed by atoms with Crippen molar-refractivity contribution in [2.45, 2.75) is 45.4 Å². The zero-order chi connectivity index (χ0) is 16.7. The second-order valence-electron chi connectivity index (χ2n) is 7.33. The van der Waals surface area contributed by atoms with Gasteiger partial charge in [0.05, 0.1) is 0 Å². The highest BCUT2D eigenvalue weighted by atomic mass is 14.9. The first-order valence-electron chi connectivity index (χ1n) is 9.14. The van der Waals surface area contributed by atoms with Crippen LogP contribution in [0.1, 0.15) is 48.3 Å². The predicted octanol–water partition coefficient (Wildman–Crippen LogP) is 5.61. The Balaban J connectivity index is 1.91. The van der Waals surface area contributed by atoms with Gasteiger partial charge in [0, 0.05) is 23.1 Å². The van der Waals surface area contributed by atoms with E-state index in [4.69, 9.17) is 0 Å². The molecule has 1 aliphatic rings. The topological polar surface area (TPSA) is 3.88 Å². The summed E-state index contributed by atoms with van der Waals surface area (Å²) in [5.41, 5.74) is 8.36. The van der Waals surface area contributed by atoms with Gasteiger partial charge >= 0.3 is 0 Å². The molecule has 1 aliphatic carbocycles. The van der Waals surface area contributed by atoms with Crippen LogP contribution < -0.4 is 4.57 Å². The zero-order valence-electron chi connectivity index (χ0n) is 15.0. The highest BCUT2D eigenvalue weighted by molar-refractivity contribution is 5.78. The van der Waals surface area contributed by atoms with Crippen molar-refractivity contribution >= 4 is 10.9 Å². The Morgan fingerprint density at radius 2 is 1.67 bits per heavy atom.